The Balaban J connectivity index is 1.99. The van der Waals surface area contributed by atoms with Gasteiger partial charge in [0.05, 0.1) is 12.5 Å². The number of anilines is 1. The van der Waals surface area contributed by atoms with Gasteiger partial charge in [0.2, 0.25) is 5.76 Å². The molecule has 0 bridgehead atoms. The molecule has 20 heavy (non-hydrogen) atoms. The molecule has 0 radical (unpaired) electrons. The smallest absolute Gasteiger partial charge is 0.296 e. The fourth-order valence-electron chi connectivity index (χ4n) is 1.98. The molecule has 3 rings (SSSR count). The van der Waals surface area contributed by atoms with Crippen LogP contribution in [0.5, 0.6) is 5.75 Å². The van der Waals surface area contributed by atoms with Crippen LogP contribution in [0.2, 0.25) is 0 Å². The molecule has 0 unspecified atom stereocenters. The van der Waals surface area contributed by atoms with E-state index in [4.69, 9.17) is 9.15 Å². The van der Waals surface area contributed by atoms with Gasteiger partial charge >= 0.3 is 0 Å². The van der Waals surface area contributed by atoms with E-state index in [-0.39, 0.29) is 5.76 Å². The average Bonchev–Trinajstić information content (AvgIpc) is 2.87. The number of carbonyl (C=O) groups excluding carboxylic acids is 1. The highest BCUT2D eigenvalue weighted by molar-refractivity contribution is 6.07. The molecule has 0 aliphatic carbocycles. The molecule has 5 nitrogen and oxygen atoms in total. The number of benzene rings is 1. The van der Waals surface area contributed by atoms with Crippen LogP contribution in [0.3, 0.4) is 0 Å². The maximum Gasteiger partial charge on any atom is 0.296 e. The van der Waals surface area contributed by atoms with Crippen molar-refractivity contribution in [3.63, 3.8) is 0 Å². The van der Waals surface area contributed by atoms with Crippen molar-refractivity contribution >= 4 is 22.7 Å². The Morgan fingerprint density at radius 2 is 2.00 bits per heavy atom. The van der Waals surface area contributed by atoms with Crippen molar-refractivity contribution in [2.75, 3.05) is 12.4 Å². The van der Waals surface area contributed by atoms with Gasteiger partial charge in [-0.3, -0.25) is 4.79 Å². The van der Waals surface area contributed by atoms with E-state index in [9.17, 15) is 4.79 Å². The summed E-state index contributed by atoms with van der Waals surface area (Å²) in [5, 5.41) is 3.44. The Kier molecular flexibility index (Phi) is 3.09. The predicted molar refractivity (Wildman–Crippen MR) is 75.0 cm³/mol. The molecule has 1 N–H and O–H groups in total. The maximum atomic E-state index is 12.2. The van der Waals surface area contributed by atoms with Crippen LogP contribution in [0.25, 0.3) is 11.0 Å². The van der Waals surface area contributed by atoms with Crippen molar-refractivity contribution in [3.05, 3.63) is 54.4 Å². The first-order chi connectivity index (χ1) is 9.79. The molecule has 1 amide bonds. The van der Waals surface area contributed by atoms with Gasteiger partial charge in [-0.1, -0.05) is 18.2 Å². The minimum absolute atomic E-state index is 0.138. The number of hydrogen-bond acceptors (Lipinski definition) is 4. The second kappa shape index (κ2) is 5.05. The molecule has 2 aromatic heterocycles. The third-order valence-corrected chi connectivity index (χ3v) is 2.87. The van der Waals surface area contributed by atoms with Crippen LogP contribution >= 0.6 is 0 Å². The Morgan fingerprint density at radius 1 is 1.20 bits per heavy atom. The fraction of sp³-hybridized carbons (Fsp3) is 0.0667. The van der Waals surface area contributed by atoms with Crippen molar-refractivity contribution in [2.24, 2.45) is 0 Å². The van der Waals surface area contributed by atoms with Gasteiger partial charge in [-0.15, -0.1) is 0 Å². The number of fused-ring (bicyclic) bond motifs is 1. The van der Waals surface area contributed by atoms with Gasteiger partial charge in [0.1, 0.15) is 11.4 Å². The lowest BCUT2D eigenvalue weighted by molar-refractivity contribution is 0.0994. The van der Waals surface area contributed by atoms with E-state index in [0.717, 1.165) is 5.39 Å². The number of nitrogens with zero attached hydrogens (tertiary/aromatic N) is 1. The van der Waals surface area contributed by atoms with Crippen LogP contribution in [0.15, 0.2) is 53.1 Å². The lowest BCUT2D eigenvalue weighted by Gasteiger charge is -2.03. The Labute approximate surface area is 115 Å². The molecule has 1 aromatic carbocycles. The van der Waals surface area contributed by atoms with Crippen LogP contribution < -0.4 is 10.1 Å². The number of amides is 1. The summed E-state index contributed by atoms with van der Waals surface area (Å²) in [6.45, 7) is 0. The topological polar surface area (TPSA) is 64.4 Å². The van der Waals surface area contributed by atoms with Crippen molar-refractivity contribution in [1.29, 1.82) is 0 Å². The number of methoxy groups -OCH3 is 1. The Bertz CT molecular complexity index is 750. The molecule has 5 heteroatoms. The number of furan rings is 1. The Hall–Kier alpha value is -2.82. The van der Waals surface area contributed by atoms with Gasteiger partial charge < -0.3 is 14.5 Å². The highest BCUT2D eigenvalue weighted by Gasteiger charge is 2.21. The van der Waals surface area contributed by atoms with Crippen molar-refractivity contribution in [2.45, 2.75) is 0 Å². The summed E-state index contributed by atoms with van der Waals surface area (Å²) < 4.78 is 10.8. The van der Waals surface area contributed by atoms with Crippen LogP contribution in [0.1, 0.15) is 10.6 Å². The first-order valence-electron chi connectivity index (χ1n) is 6.07. The number of ether oxygens (including phenoxy) is 1. The maximum absolute atomic E-state index is 12.2. The molecule has 0 spiro atoms. The molecule has 0 saturated carbocycles. The number of para-hydroxylation sites is 1. The minimum Gasteiger partial charge on any atom is -0.492 e. The summed E-state index contributed by atoms with van der Waals surface area (Å²) in [5.41, 5.74) is 0.607. The van der Waals surface area contributed by atoms with Crippen LogP contribution in [-0.2, 0) is 0 Å². The van der Waals surface area contributed by atoms with Gasteiger partial charge in [-0.05, 0) is 24.3 Å². The van der Waals surface area contributed by atoms with Crippen LogP contribution in [-0.4, -0.2) is 18.0 Å². The zero-order chi connectivity index (χ0) is 13.9. The monoisotopic (exact) mass is 268 g/mol. The molecular weight excluding hydrogens is 256 g/mol. The molecule has 0 aliphatic rings. The summed E-state index contributed by atoms with van der Waals surface area (Å²) in [6, 6.07) is 12.6. The van der Waals surface area contributed by atoms with E-state index in [1.807, 2.05) is 18.2 Å². The summed E-state index contributed by atoms with van der Waals surface area (Å²) in [5.74, 6) is 0.630. The van der Waals surface area contributed by atoms with Crippen molar-refractivity contribution in [3.8, 4) is 5.75 Å². The molecule has 0 aliphatic heterocycles. The minimum atomic E-state index is -0.392. The highest BCUT2D eigenvalue weighted by atomic mass is 16.5. The quantitative estimate of drug-likeness (QED) is 0.792. The fourth-order valence-corrected chi connectivity index (χ4v) is 1.98. The largest absolute Gasteiger partial charge is 0.492 e. The highest BCUT2D eigenvalue weighted by Crippen LogP contribution is 2.33. The number of pyridine rings is 1. The first kappa shape index (κ1) is 12.2. The predicted octanol–water partition coefficient (Wildman–Crippen LogP) is 3.09. The van der Waals surface area contributed by atoms with Crippen LogP contribution in [0.4, 0.5) is 5.82 Å². The van der Waals surface area contributed by atoms with E-state index in [1.165, 1.54) is 7.11 Å². The molecule has 0 fully saturated rings. The standard InChI is InChI=1S/C15H12N2O3/c1-19-13-10-6-2-3-7-11(10)20-14(13)15(18)17-12-8-4-5-9-16-12/h2-9H,1H3,(H,16,17,18). The third kappa shape index (κ3) is 2.09. The van der Waals surface area contributed by atoms with E-state index >= 15 is 0 Å². The van der Waals surface area contributed by atoms with E-state index in [1.54, 1.807) is 30.5 Å². The lowest BCUT2D eigenvalue weighted by atomic mass is 10.2. The van der Waals surface area contributed by atoms with E-state index in [2.05, 4.69) is 10.3 Å². The number of aromatic nitrogens is 1. The third-order valence-electron chi connectivity index (χ3n) is 2.87. The van der Waals surface area contributed by atoms with E-state index < -0.39 is 5.91 Å². The van der Waals surface area contributed by atoms with Gasteiger partial charge in [0, 0.05) is 6.20 Å². The molecule has 3 aromatic rings. The molecule has 100 valence electrons. The zero-order valence-electron chi connectivity index (χ0n) is 10.8. The second-order valence-electron chi connectivity index (χ2n) is 4.13. The van der Waals surface area contributed by atoms with Crippen molar-refractivity contribution < 1.29 is 13.9 Å². The first-order valence-corrected chi connectivity index (χ1v) is 6.07. The van der Waals surface area contributed by atoms with Gasteiger partial charge in [0.15, 0.2) is 5.75 Å². The van der Waals surface area contributed by atoms with E-state index in [0.29, 0.717) is 17.2 Å². The molecular formula is C15H12N2O3. The number of nitrogens with one attached hydrogen (secondary N) is 1. The number of hydrogen-bond donors (Lipinski definition) is 1. The summed E-state index contributed by atoms with van der Waals surface area (Å²) in [7, 11) is 1.51. The van der Waals surface area contributed by atoms with Gasteiger partial charge in [-0.2, -0.15) is 0 Å². The van der Waals surface area contributed by atoms with Crippen LogP contribution in [0, 0.1) is 0 Å². The SMILES string of the molecule is COc1c(C(=O)Nc2ccccn2)oc2ccccc12. The van der Waals surface area contributed by atoms with Gasteiger partial charge in [0.25, 0.3) is 5.91 Å². The second-order valence-corrected chi connectivity index (χ2v) is 4.13. The van der Waals surface area contributed by atoms with Crippen molar-refractivity contribution in [1.82, 2.24) is 4.98 Å². The number of carbonyl (C=O) groups is 1. The summed E-state index contributed by atoms with van der Waals surface area (Å²) in [4.78, 5) is 16.3. The normalized spacial score (nSPS) is 10.4. The summed E-state index contributed by atoms with van der Waals surface area (Å²) in [6.07, 6.45) is 1.60. The molecule has 0 atom stereocenters. The molecule has 0 saturated heterocycles. The number of rotatable bonds is 3. The zero-order valence-corrected chi connectivity index (χ0v) is 10.8. The lowest BCUT2D eigenvalue weighted by Crippen LogP contribution is -2.12. The summed E-state index contributed by atoms with van der Waals surface area (Å²) >= 11 is 0. The van der Waals surface area contributed by atoms with Gasteiger partial charge in [-0.25, -0.2) is 4.98 Å². The molecule has 2 heterocycles. The average molecular weight is 268 g/mol. The Morgan fingerprint density at radius 3 is 2.75 bits per heavy atom.